The maximum atomic E-state index is 12.5. The lowest BCUT2D eigenvalue weighted by Gasteiger charge is -2.34. The Hall–Kier alpha value is -3.44. The lowest BCUT2D eigenvalue weighted by atomic mass is 9.67. The monoisotopic (exact) mass is 439 g/mol. The van der Waals surface area contributed by atoms with Gasteiger partial charge in [-0.3, -0.25) is 0 Å². The van der Waals surface area contributed by atoms with E-state index >= 15 is 0 Å². The zero-order chi connectivity index (χ0) is 23.0. The Morgan fingerprint density at radius 1 is 1.15 bits per heavy atom. The lowest BCUT2D eigenvalue weighted by molar-refractivity contribution is -0.112. The highest BCUT2D eigenvalue weighted by Gasteiger charge is 2.37. The van der Waals surface area contributed by atoms with Gasteiger partial charge >= 0.3 is 0 Å². The number of aryl methyl sites for hydroxylation is 1. The van der Waals surface area contributed by atoms with Gasteiger partial charge in [-0.15, -0.1) is 0 Å². The van der Waals surface area contributed by atoms with Crippen molar-refractivity contribution in [1.29, 1.82) is 0 Å². The topological polar surface area (TPSA) is 68.5 Å². The molecule has 2 unspecified atom stereocenters. The number of nitrogens with two attached hydrogens (primary N) is 1. The van der Waals surface area contributed by atoms with Gasteiger partial charge in [0.25, 0.3) is 0 Å². The van der Waals surface area contributed by atoms with E-state index in [0.717, 1.165) is 58.2 Å². The summed E-state index contributed by atoms with van der Waals surface area (Å²) in [6, 6.07) is 14.6. The first-order valence-electron chi connectivity index (χ1n) is 11.5. The van der Waals surface area contributed by atoms with E-state index in [0.29, 0.717) is 19.0 Å². The van der Waals surface area contributed by atoms with Crippen LogP contribution in [0.25, 0.3) is 22.0 Å². The number of nitrogens with zero attached hydrogens (tertiary/aromatic N) is 2. The molecule has 1 aliphatic heterocycles. The Morgan fingerprint density at radius 3 is 2.73 bits per heavy atom. The summed E-state index contributed by atoms with van der Waals surface area (Å²) in [4.78, 5) is 19.4. The van der Waals surface area contributed by atoms with Gasteiger partial charge in [-0.25, -0.2) is 4.98 Å². The molecular formula is C28H29N3O2. The van der Waals surface area contributed by atoms with Crippen molar-refractivity contribution in [2.75, 3.05) is 36.9 Å². The Balaban J connectivity index is 1.67. The van der Waals surface area contributed by atoms with Crippen LogP contribution in [0, 0.1) is 12.8 Å². The number of morpholine rings is 1. The van der Waals surface area contributed by atoms with Crippen molar-refractivity contribution in [2.45, 2.75) is 19.3 Å². The van der Waals surface area contributed by atoms with Crippen LogP contribution in [0.15, 0.2) is 66.8 Å². The number of pyridine rings is 1. The largest absolute Gasteiger partial charge is 0.382 e. The zero-order valence-electron chi connectivity index (χ0n) is 19.1. The number of hydrogen-bond donors (Lipinski definition) is 1. The molecule has 2 N–H and O–H groups in total. The second kappa shape index (κ2) is 8.49. The van der Waals surface area contributed by atoms with E-state index in [1.54, 1.807) is 0 Å². The van der Waals surface area contributed by atoms with Gasteiger partial charge in [0, 0.05) is 18.5 Å². The predicted octanol–water partition coefficient (Wildman–Crippen LogP) is 4.83. The van der Waals surface area contributed by atoms with E-state index < -0.39 is 5.41 Å². The molecule has 5 nitrogen and oxygen atoms in total. The predicted molar refractivity (Wildman–Crippen MR) is 135 cm³/mol. The molecule has 2 atom stereocenters. The van der Waals surface area contributed by atoms with Crippen LogP contribution in [0.3, 0.4) is 0 Å². The zero-order valence-corrected chi connectivity index (χ0v) is 19.1. The van der Waals surface area contributed by atoms with Crippen molar-refractivity contribution < 1.29 is 9.53 Å². The molecule has 2 aromatic carbocycles. The molecule has 3 aromatic rings. The van der Waals surface area contributed by atoms with Gasteiger partial charge in [-0.2, -0.15) is 0 Å². The number of aldehydes is 1. The summed E-state index contributed by atoms with van der Waals surface area (Å²) in [5.74, 6) is 0.608. The average molecular weight is 440 g/mol. The molecule has 0 amide bonds. The molecule has 2 aliphatic rings. The maximum Gasteiger partial charge on any atom is 0.147 e. The first-order chi connectivity index (χ1) is 16.0. The SMILES string of the molecule is Cc1cccc(C2(C=O)C=CC=CC2C)c1-c1ccc2nc(N)c(N3CCOCC3)cc2c1. The van der Waals surface area contributed by atoms with Gasteiger partial charge in [0.05, 0.1) is 29.8 Å². The van der Waals surface area contributed by atoms with Gasteiger partial charge in [-0.05, 0) is 53.3 Å². The smallest absolute Gasteiger partial charge is 0.147 e. The van der Waals surface area contributed by atoms with E-state index in [4.69, 9.17) is 10.5 Å². The Bertz CT molecular complexity index is 1270. The molecule has 1 aromatic heterocycles. The summed E-state index contributed by atoms with van der Waals surface area (Å²) >= 11 is 0. The minimum atomic E-state index is -0.691. The van der Waals surface area contributed by atoms with Crippen LogP contribution in [-0.4, -0.2) is 37.6 Å². The van der Waals surface area contributed by atoms with Crippen molar-refractivity contribution in [3.05, 3.63) is 77.9 Å². The lowest BCUT2D eigenvalue weighted by Crippen LogP contribution is -2.36. The van der Waals surface area contributed by atoms with Gasteiger partial charge in [0.1, 0.15) is 12.1 Å². The summed E-state index contributed by atoms with van der Waals surface area (Å²) in [6.07, 6.45) is 9.21. The molecule has 0 spiro atoms. The molecule has 1 saturated heterocycles. The summed E-state index contributed by atoms with van der Waals surface area (Å²) in [6.45, 7) is 7.20. The van der Waals surface area contributed by atoms with Crippen LogP contribution in [0.1, 0.15) is 18.1 Å². The highest BCUT2D eigenvalue weighted by Crippen LogP contribution is 2.42. The molecule has 5 rings (SSSR count). The molecule has 5 heteroatoms. The molecular weight excluding hydrogens is 410 g/mol. The summed E-state index contributed by atoms with van der Waals surface area (Å²) in [7, 11) is 0. The van der Waals surface area contributed by atoms with Crippen LogP contribution in [-0.2, 0) is 14.9 Å². The number of aromatic nitrogens is 1. The number of nitrogen functional groups attached to an aromatic ring is 1. The summed E-state index contributed by atoms with van der Waals surface area (Å²) < 4.78 is 5.50. The summed E-state index contributed by atoms with van der Waals surface area (Å²) in [5, 5.41) is 1.03. The average Bonchev–Trinajstić information content (AvgIpc) is 2.84. The second-order valence-electron chi connectivity index (χ2n) is 8.98. The number of hydrogen-bond acceptors (Lipinski definition) is 5. The molecule has 33 heavy (non-hydrogen) atoms. The van der Waals surface area contributed by atoms with Crippen molar-refractivity contribution in [1.82, 2.24) is 4.98 Å². The molecule has 1 fully saturated rings. The number of benzene rings is 2. The highest BCUT2D eigenvalue weighted by atomic mass is 16.5. The van der Waals surface area contributed by atoms with E-state index in [1.165, 1.54) is 0 Å². The highest BCUT2D eigenvalue weighted by molar-refractivity contribution is 5.92. The minimum Gasteiger partial charge on any atom is -0.382 e. The first kappa shape index (κ1) is 21.4. The Morgan fingerprint density at radius 2 is 1.97 bits per heavy atom. The van der Waals surface area contributed by atoms with Crippen molar-refractivity contribution in [3.8, 4) is 11.1 Å². The third kappa shape index (κ3) is 3.62. The van der Waals surface area contributed by atoms with Crippen molar-refractivity contribution in [2.24, 2.45) is 5.92 Å². The van der Waals surface area contributed by atoms with Gasteiger partial charge in [0.2, 0.25) is 0 Å². The van der Waals surface area contributed by atoms with E-state index in [-0.39, 0.29) is 5.92 Å². The molecule has 0 bridgehead atoms. The van der Waals surface area contributed by atoms with Crippen LogP contribution < -0.4 is 10.6 Å². The Kier molecular flexibility index (Phi) is 5.51. The Labute approximate surface area is 194 Å². The normalized spacial score (nSPS) is 22.6. The number of anilines is 2. The van der Waals surface area contributed by atoms with Crippen molar-refractivity contribution >= 4 is 28.7 Å². The van der Waals surface area contributed by atoms with Crippen molar-refractivity contribution in [3.63, 3.8) is 0 Å². The van der Waals surface area contributed by atoms with Crippen LogP contribution >= 0.6 is 0 Å². The second-order valence-corrected chi connectivity index (χ2v) is 8.98. The van der Waals surface area contributed by atoms with Crippen LogP contribution in [0.5, 0.6) is 0 Å². The quantitative estimate of drug-likeness (QED) is 0.590. The van der Waals surface area contributed by atoms with Gasteiger partial charge < -0.3 is 20.2 Å². The summed E-state index contributed by atoms with van der Waals surface area (Å²) in [5.41, 5.74) is 11.8. The third-order valence-corrected chi connectivity index (χ3v) is 7.03. The number of carbonyl (C=O) groups excluding carboxylic acids is 1. The van der Waals surface area contributed by atoms with Crippen LogP contribution in [0.2, 0.25) is 0 Å². The maximum absolute atomic E-state index is 12.5. The molecule has 0 saturated carbocycles. The third-order valence-electron chi connectivity index (χ3n) is 7.03. The molecule has 1 aliphatic carbocycles. The fourth-order valence-corrected chi connectivity index (χ4v) is 5.11. The number of fused-ring (bicyclic) bond motifs is 1. The number of allylic oxidation sites excluding steroid dienone is 4. The molecule has 168 valence electrons. The van der Waals surface area contributed by atoms with E-state index in [9.17, 15) is 4.79 Å². The van der Waals surface area contributed by atoms with Gasteiger partial charge in [-0.1, -0.05) is 55.5 Å². The fourth-order valence-electron chi connectivity index (χ4n) is 5.11. The number of rotatable bonds is 4. The van der Waals surface area contributed by atoms with Gasteiger partial charge in [0.15, 0.2) is 0 Å². The number of ether oxygens (including phenoxy) is 1. The fraction of sp³-hybridized carbons (Fsp3) is 0.286. The minimum absolute atomic E-state index is 0.0652. The van der Waals surface area contributed by atoms with E-state index in [1.807, 2.05) is 30.4 Å². The van der Waals surface area contributed by atoms with E-state index in [2.05, 4.69) is 60.1 Å². The standard InChI is InChI=1S/C28H29N3O2/c1-19-6-5-8-23(28(18-32)11-4-3-7-20(28)2)26(19)21-9-10-24-22(16-21)17-25(27(29)30-24)31-12-14-33-15-13-31/h3-11,16-18,20H,12-15H2,1-2H3,(H2,29,30). The molecule has 0 radical (unpaired) electrons. The first-order valence-corrected chi connectivity index (χ1v) is 11.5. The molecule has 2 heterocycles. The number of carbonyl (C=O) groups is 1. The van der Waals surface area contributed by atoms with Crippen LogP contribution in [0.4, 0.5) is 11.5 Å².